The first kappa shape index (κ1) is 20.6. The minimum Gasteiger partial charge on any atom is -0.437 e. The number of carbonyl (C=O) groups excluding carboxylic acids is 1. The van der Waals surface area contributed by atoms with Crippen molar-refractivity contribution in [2.24, 2.45) is 0 Å². The van der Waals surface area contributed by atoms with Crippen LogP contribution in [0.3, 0.4) is 0 Å². The fourth-order valence-corrected chi connectivity index (χ4v) is 4.24. The fourth-order valence-electron chi connectivity index (χ4n) is 4.24. The van der Waals surface area contributed by atoms with Crippen molar-refractivity contribution in [2.45, 2.75) is 36.6 Å². The fraction of sp³-hybridized carbons (Fsp3) is 0.318. The molecule has 2 aromatic rings. The Hall–Kier alpha value is -2.71. The van der Waals surface area contributed by atoms with Gasteiger partial charge in [0, 0.05) is 23.6 Å². The molecule has 0 aliphatic carbocycles. The molecule has 0 unspecified atom stereocenters. The highest BCUT2D eigenvalue weighted by molar-refractivity contribution is 5.86. The highest BCUT2D eigenvalue weighted by Gasteiger charge is 2.53. The second kappa shape index (κ2) is 7.21. The summed E-state index contributed by atoms with van der Waals surface area (Å²) in [5.74, 6) is -5.72. The Labute approximate surface area is 170 Å². The van der Waals surface area contributed by atoms with Crippen LogP contribution in [0.1, 0.15) is 30.4 Å². The maximum atomic E-state index is 14.6. The molecule has 2 aromatic carbocycles. The van der Waals surface area contributed by atoms with E-state index in [-0.39, 0.29) is 6.04 Å². The summed E-state index contributed by atoms with van der Waals surface area (Å²) in [6, 6.07) is 4.18. The first-order valence-electron chi connectivity index (χ1n) is 9.45. The highest BCUT2D eigenvalue weighted by atomic mass is 19.1. The summed E-state index contributed by atoms with van der Waals surface area (Å²) < 4.78 is 62.6. The number of hydrogen-bond donors (Lipinski definition) is 1. The lowest BCUT2D eigenvalue weighted by Gasteiger charge is -2.40. The van der Waals surface area contributed by atoms with Crippen molar-refractivity contribution < 1.29 is 32.2 Å². The maximum Gasteiger partial charge on any atom is 0.349 e. The lowest BCUT2D eigenvalue weighted by molar-refractivity contribution is -0.188. The molecule has 1 saturated heterocycles. The van der Waals surface area contributed by atoms with Gasteiger partial charge in [-0.15, -0.1) is 0 Å². The largest absolute Gasteiger partial charge is 0.437 e. The topological polar surface area (TPSA) is 49.8 Å². The van der Waals surface area contributed by atoms with E-state index >= 15 is 0 Å². The molecule has 1 fully saturated rings. The van der Waals surface area contributed by atoms with E-state index in [0.717, 1.165) is 18.6 Å². The standard InChI is InChI=1S/C22H19F4NO3/c1-27-15-3-2-9-21(27,10-8-15)30-20(28)22(29,16-11-13(23)4-6-18(16)25)17-12-14(24)5-7-19(17)26/h2,4-7,9,11-12,15,29H,3,8,10H2,1H3/t15-,21-/m1/s1. The second-order valence-corrected chi connectivity index (χ2v) is 7.63. The number of likely N-dealkylation sites (N-methyl/N-ethyl adjacent to an activating group) is 1. The lowest BCUT2D eigenvalue weighted by Crippen LogP contribution is -2.52. The molecule has 2 atom stereocenters. The van der Waals surface area contributed by atoms with E-state index in [2.05, 4.69) is 0 Å². The van der Waals surface area contributed by atoms with Crippen molar-refractivity contribution in [3.05, 3.63) is 82.9 Å². The number of halogens is 4. The van der Waals surface area contributed by atoms with Crippen molar-refractivity contribution in [3.63, 3.8) is 0 Å². The number of hydrogen-bond acceptors (Lipinski definition) is 4. The quantitative estimate of drug-likeness (QED) is 0.464. The van der Waals surface area contributed by atoms with Crippen LogP contribution in [0.5, 0.6) is 0 Å². The molecule has 2 aliphatic heterocycles. The molecular formula is C22H19F4NO3. The average Bonchev–Trinajstić information content (AvgIpc) is 2.88. The molecule has 158 valence electrons. The van der Waals surface area contributed by atoms with E-state index < -0.39 is 51.7 Å². The summed E-state index contributed by atoms with van der Waals surface area (Å²) in [6.07, 6.45) is 5.34. The molecule has 2 heterocycles. The second-order valence-electron chi connectivity index (χ2n) is 7.63. The molecule has 2 aliphatic rings. The number of esters is 1. The van der Waals surface area contributed by atoms with E-state index in [1.807, 2.05) is 6.08 Å². The Morgan fingerprint density at radius 2 is 1.67 bits per heavy atom. The van der Waals surface area contributed by atoms with Gasteiger partial charge in [0.15, 0.2) is 5.72 Å². The van der Waals surface area contributed by atoms with Gasteiger partial charge in [-0.1, -0.05) is 6.08 Å². The summed E-state index contributed by atoms with van der Waals surface area (Å²) >= 11 is 0. The Morgan fingerprint density at radius 1 is 1.10 bits per heavy atom. The van der Waals surface area contributed by atoms with Crippen molar-refractivity contribution >= 4 is 5.97 Å². The van der Waals surface area contributed by atoms with Crippen molar-refractivity contribution in [2.75, 3.05) is 7.05 Å². The summed E-state index contributed by atoms with van der Waals surface area (Å²) in [7, 11) is 1.74. The number of carbonyl (C=O) groups is 1. The van der Waals surface area contributed by atoms with Gasteiger partial charge in [0.2, 0.25) is 5.60 Å². The molecule has 0 amide bonds. The normalized spacial score (nSPS) is 23.6. The number of rotatable bonds is 4. The predicted molar refractivity (Wildman–Crippen MR) is 99.1 cm³/mol. The van der Waals surface area contributed by atoms with Gasteiger partial charge in [0.1, 0.15) is 23.3 Å². The zero-order chi connectivity index (χ0) is 21.7. The first-order chi connectivity index (χ1) is 14.2. The number of nitrogens with zero attached hydrogens (tertiary/aromatic N) is 1. The van der Waals surface area contributed by atoms with Crippen LogP contribution in [0, 0.1) is 23.3 Å². The van der Waals surface area contributed by atoms with Crippen LogP contribution >= 0.6 is 0 Å². The highest BCUT2D eigenvalue weighted by Crippen LogP contribution is 2.43. The van der Waals surface area contributed by atoms with E-state index in [0.29, 0.717) is 37.1 Å². The molecule has 4 nitrogen and oxygen atoms in total. The van der Waals surface area contributed by atoms with E-state index in [1.165, 1.54) is 0 Å². The van der Waals surface area contributed by atoms with Gasteiger partial charge in [-0.2, -0.15) is 0 Å². The minimum atomic E-state index is -3.11. The molecule has 0 aromatic heterocycles. The van der Waals surface area contributed by atoms with E-state index in [1.54, 1.807) is 18.0 Å². The van der Waals surface area contributed by atoms with Gasteiger partial charge in [0.05, 0.1) is 0 Å². The zero-order valence-electron chi connectivity index (χ0n) is 16.0. The van der Waals surface area contributed by atoms with Gasteiger partial charge in [-0.05, 0) is 62.4 Å². The summed E-state index contributed by atoms with van der Waals surface area (Å²) in [4.78, 5) is 15.1. The SMILES string of the molecule is CN1[C@@H]2CC=C[C@@]1(OC(=O)C(O)(c1cc(F)ccc1F)c1cc(F)ccc1F)CC2. The van der Waals surface area contributed by atoms with Gasteiger partial charge in [-0.25, -0.2) is 22.4 Å². The minimum absolute atomic E-state index is 0.104. The van der Waals surface area contributed by atoms with E-state index in [9.17, 15) is 27.5 Å². The van der Waals surface area contributed by atoms with Crippen LogP contribution in [0.15, 0.2) is 48.6 Å². The van der Waals surface area contributed by atoms with Gasteiger partial charge in [0.25, 0.3) is 0 Å². The molecule has 4 rings (SSSR count). The number of benzene rings is 2. The number of ether oxygens (including phenoxy) is 1. The van der Waals surface area contributed by atoms with Gasteiger partial charge in [-0.3, -0.25) is 4.90 Å². The molecule has 0 spiro atoms. The van der Waals surface area contributed by atoms with Gasteiger partial charge < -0.3 is 9.84 Å². The molecule has 0 radical (unpaired) electrons. The summed E-state index contributed by atoms with van der Waals surface area (Å²) in [5.41, 5.74) is -6.07. The number of fused-ring (bicyclic) bond motifs is 2. The van der Waals surface area contributed by atoms with Crippen molar-refractivity contribution in [1.29, 1.82) is 0 Å². The van der Waals surface area contributed by atoms with Crippen molar-refractivity contribution in [1.82, 2.24) is 4.90 Å². The Morgan fingerprint density at radius 3 is 2.23 bits per heavy atom. The third-order valence-corrected chi connectivity index (χ3v) is 5.97. The molecule has 0 saturated carbocycles. The third kappa shape index (κ3) is 3.11. The average molecular weight is 421 g/mol. The Bertz CT molecular complexity index is 990. The van der Waals surface area contributed by atoms with Crippen LogP contribution in [0.4, 0.5) is 17.6 Å². The maximum absolute atomic E-state index is 14.6. The van der Waals surface area contributed by atoms with Crippen LogP contribution in [0.2, 0.25) is 0 Å². The molecule has 1 N–H and O–H groups in total. The van der Waals surface area contributed by atoms with Gasteiger partial charge >= 0.3 is 5.97 Å². The summed E-state index contributed by atoms with van der Waals surface area (Å²) in [5, 5.41) is 11.3. The smallest absolute Gasteiger partial charge is 0.349 e. The zero-order valence-corrected chi connectivity index (χ0v) is 16.0. The Kier molecular flexibility index (Phi) is 4.94. The molecule has 8 heteroatoms. The molecule has 2 bridgehead atoms. The van der Waals surface area contributed by atoms with Crippen molar-refractivity contribution in [3.8, 4) is 0 Å². The monoisotopic (exact) mass is 421 g/mol. The number of aliphatic hydroxyl groups is 1. The van der Waals surface area contributed by atoms with Crippen LogP contribution < -0.4 is 0 Å². The third-order valence-electron chi connectivity index (χ3n) is 5.97. The van der Waals surface area contributed by atoms with Crippen LogP contribution in [0.25, 0.3) is 0 Å². The van der Waals surface area contributed by atoms with Crippen LogP contribution in [-0.4, -0.2) is 34.8 Å². The lowest BCUT2D eigenvalue weighted by atomic mass is 9.85. The summed E-state index contributed by atoms with van der Waals surface area (Å²) in [6.45, 7) is 0. The molecule has 30 heavy (non-hydrogen) atoms. The van der Waals surface area contributed by atoms with E-state index in [4.69, 9.17) is 4.74 Å². The predicted octanol–water partition coefficient (Wildman–Crippen LogP) is 3.77. The Balaban J connectivity index is 1.87. The first-order valence-corrected chi connectivity index (χ1v) is 9.45. The molecular weight excluding hydrogens is 402 g/mol. The van der Waals surface area contributed by atoms with Crippen LogP contribution in [-0.2, 0) is 15.1 Å².